The van der Waals surface area contributed by atoms with E-state index in [2.05, 4.69) is 62.5 Å². The molecule has 0 rings (SSSR count). The van der Waals surface area contributed by atoms with Crippen molar-refractivity contribution in [2.75, 3.05) is 47.5 Å². The van der Waals surface area contributed by atoms with Crippen molar-refractivity contribution in [3.05, 3.63) is 48.6 Å². The van der Waals surface area contributed by atoms with Crippen molar-refractivity contribution in [1.29, 1.82) is 0 Å². The van der Waals surface area contributed by atoms with Crippen LogP contribution in [0.3, 0.4) is 0 Å². The first kappa shape index (κ1) is 88.0. The molecule has 0 amide bonds. The van der Waals surface area contributed by atoms with Crippen molar-refractivity contribution in [3.63, 3.8) is 0 Å². The van der Waals surface area contributed by atoms with Crippen molar-refractivity contribution in [2.45, 2.75) is 405 Å². The van der Waals surface area contributed by atoms with Crippen molar-refractivity contribution >= 4 is 19.8 Å². The molecule has 0 N–H and O–H groups in total. The number of hydrogen-bond acceptors (Lipinski definition) is 8. The van der Waals surface area contributed by atoms with Crippen molar-refractivity contribution in [1.82, 2.24) is 0 Å². The molecule has 90 heavy (non-hydrogen) atoms. The van der Waals surface area contributed by atoms with Crippen molar-refractivity contribution < 1.29 is 42.1 Å². The van der Waals surface area contributed by atoms with Gasteiger partial charge in [0.2, 0.25) is 0 Å². The first-order valence-corrected chi connectivity index (χ1v) is 40.8. The second-order valence-electron chi connectivity index (χ2n) is 28.1. The summed E-state index contributed by atoms with van der Waals surface area (Å²) in [7, 11) is 1.18. The van der Waals surface area contributed by atoms with Gasteiger partial charge in [-0.25, -0.2) is 0 Å². The van der Waals surface area contributed by atoms with E-state index in [1.54, 1.807) is 0 Å². The Morgan fingerprint density at radius 3 is 0.944 bits per heavy atom. The van der Waals surface area contributed by atoms with Crippen molar-refractivity contribution in [2.24, 2.45) is 0 Å². The molecule has 2 unspecified atom stereocenters. The molecule has 0 bridgehead atoms. The Morgan fingerprint density at radius 1 is 0.356 bits per heavy atom. The Labute approximate surface area is 560 Å². The van der Waals surface area contributed by atoms with Gasteiger partial charge in [0.25, 0.3) is 7.82 Å². The minimum absolute atomic E-state index is 0.0300. The number of likely N-dealkylation sites (N-methyl/N-ethyl adjacent to an activating group) is 1. The fraction of sp³-hybridized carbons (Fsp3) is 0.875. The van der Waals surface area contributed by atoms with Crippen LogP contribution < -0.4 is 4.89 Å². The lowest BCUT2D eigenvalue weighted by Gasteiger charge is -2.28. The molecular formula is C80H152NO8P. The Balaban J connectivity index is 3.86. The second-order valence-corrected chi connectivity index (χ2v) is 29.5. The third kappa shape index (κ3) is 75.0. The average molecular weight is 1290 g/mol. The number of hydrogen-bond donors (Lipinski definition) is 0. The van der Waals surface area contributed by atoms with Gasteiger partial charge >= 0.3 is 11.9 Å². The standard InChI is InChI=1S/C80H152NO8P/c1-6-8-10-12-14-16-18-20-22-24-26-28-30-32-33-34-35-36-37-38-39-40-41-42-43-44-45-46-47-49-50-52-54-56-58-60-62-64-66-68-70-72-79(82)86-76-78(77-88-90(84,85)87-75-74-81(3,4)5)89-80(83)73-71-69-67-65-63-61-59-57-55-53-51-48-31-29-27-25-23-21-19-17-15-13-11-9-7-2/h9,11,15,17,21,23,27,29,78H,6-8,10,12-14,16,18-20,22,24-26,28,30-77H2,1-5H3/b11-9-,17-15-,23-21-,29-27-. The fourth-order valence-electron chi connectivity index (χ4n) is 11.9. The van der Waals surface area contributed by atoms with Gasteiger partial charge in [-0.05, 0) is 51.4 Å². The van der Waals surface area contributed by atoms with E-state index < -0.39 is 26.5 Å². The summed E-state index contributed by atoms with van der Waals surface area (Å²) in [5.74, 6) is -0.817. The molecule has 0 aromatic rings. The van der Waals surface area contributed by atoms with Gasteiger partial charge in [-0.1, -0.05) is 383 Å². The Morgan fingerprint density at radius 2 is 0.633 bits per heavy atom. The van der Waals surface area contributed by atoms with Gasteiger partial charge in [-0.2, -0.15) is 0 Å². The highest BCUT2D eigenvalue weighted by atomic mass is 31.2. The summed E-state index contributed by atoms with van der Waals surface area (Å²) < 4.78 is 34.4. The molecule has 2 atom stereocenters. The largest absolute Gasteiger partial charge is 0.756 e. The summed E-state index contributed by atoms with van der Waals surface area (Å²) >= 11 is 0. The zero-order valence-corrected chi connectivity index (χ0v) is 61.5. The molecular weight excluding hydrogens is 1130 g/mol. The van der Waals surface area contributed by atoms with Gasteiger partial charge in [0, 0.05) is 12.8 Å². The van der Waals surface area contributed by atoms with Gasteiger partial charge in [0.15, 0.2) is 6.10 Å². The van der Waals surface area contributed by atoms with E-state index in [0.717, 1.165) is 64.2 Å². The van der Waals surface area contributed by atoms with Crippen LogP contribution in [0.2, 0.25) is 0 Å². The lowest BCUT2D eigenvalue weighted by atomic mass is 10.0. The molecule has 0 spiro atoms. The maximum Gasteiger partial charge on any atom is 0.306 e. The Hall–Kier alpha value is -2.03. The Kier molecular flexibility index (Phi) is 69.7. The monoisotopic (exact) mass is 1290 g/mol. The van der Waals surface area contributed by atoms with Crippen LogP contribution in [-0.4, -0.2) is 70.0 Å². The maximum absolute atomic E-state index is 12.9. The number of rotatable bonds is 74. The van der Waals surface area contributed by atoms with E-state index in [9.17, 15) is 19.0 Å². The number of carbonyl (C=O) groups is 2. The third-order valence-electron chi connectivity index (χ3n) is 17.9. The van der Waals surface area contributed by atoms with Gasteiger partial charge in [-0.15, -0.1) is 0 Å². The van der Waals surface area contributed by atoms with Crippen molar-refractivity contribution in [3.8, 4) is 0 Å². The molecule has 0 aliphatic rings. The summed E-state index contributed by atoms with van der Waals surface area (Å²) in [5, 5.41) is 0. The van der Waals surface area contributed by atoms with Crippen LogP contribution >= 0.6 is 7.82 Å². The van der Waals surface area contributed by atoms with Crippen LogP contribution in [-0.2, 0) is 32.7 Å². The quantitative estimate of drug-likeness (QED) is 0.0195. The van der Waals surface area contributed by atoms with Crippen LogP contribution in [0.1, 0.15) is 399 Å². The number of allylic oxidation sites excluding steroid dienone is 8. The van der Waals surface area contributed by atoms with E-state index in [1.165, 1.54) is 302 Å². The lowest BCUT2D eigenvalue weighted by Crippen LogP contribution is -2.37. The zero-order chi connectivity index (χ0) is 65.5. The zero-order valence-electron chi connectivity index (χ0n) is 60.6. The van der Waals surface area contributed by atoms with Crippen LogP contribution in [0.15, 0.2) is 48.6 Å². The molecule has 0 aromatic heterocycles. The van der Waals surface area contributed by atoms with Crippen LogP contribution in [0, 0.1) is 0 Å². The molecule has 0 heterocycles. The van der Waals surface area contributed by atoms with Crippen LogP contribution in [0.4, 0.5) is 0 Å². The molecule has 10 heteroatoms. The van der Waals surface area contributed by atoms with Crippen LogP contribution in [0.25, 0.3) is 0 Å². The molecule has 0 radical (unpaired) electrons. The molecule has 0 aliphatic carbocycles. The van der Waals surface area contributed by atoms with E-state index in [-0.39, 0.29) is 32.0 Å². The number of phosphoric acid groups is 1. The topological polar surface area (TPSA) is 111 Å². The predicted molar refractivity (Wildman–Crippen MR) is 388 cm³/mol. The maximum atomic E-state index is 12.9. The highest BCUT2D eigenvalue weighted by Gasteiger charge is 2.22. The second kappa shape index (κ2) is 71.3. The summed E-state index contributed by atoms with van der Waals surface area (Å²) in [6, 6.07) is 0. The smallest absolute Gasteiger partial charge is 0.306 e. The Bertz CT molecular complexity index is 1660. The molecule has 0 saturated heterocycles. The van der Waals surface area contributed by atoms with Gasteiger partial charge < -0.3 is 27.9 Å². The number of esters is 2. The summed E-state index contributed by atoms with van der Waals surface area (Å²) in [5.41, 5.74) is 0. The van der Waals surface area contributed by atoms with Gasteiger partial charge in [0.05, 0.1) is 27.7 Å². The molecule has 0 saturated carbocycles. The number of ether oxygens (including phenoxy) is 2. The molecule has 0 fully saturated rings. The number of nitrogens with zero attached hydrogens (tertiary/aromatic N) is 1. The normalized spacial score (nSPS) is 13.3. The average Bonchev–Trinajstić information content (AvgIpc) is 3.58. The molecule has 9 nitrogen and oxygen atoms in total. The SMILES string of the molecule is CC/C=C\C/C=C\C/C=C\C/C=C\CCCCCCCCCCCCCCC(=O)OC(COC(=O)CCCCCCCCCCCCCCCCCCCCCCCCCCCCCCCCCCCCCCCCCCC)COP(=O)([O-])OCC[N+](C)(C)C. The fourth-order valence-corrected chi connectivity index (χ4v) is 12.6. The predicted octanol–water partition coefficient (Wildman–Crippen LogP) is 25.3. The van der Waals surface area contributed by atoms with E-state index in [4.69, 9.17) is 18.5 Å². The number of phosphoric ester groups is 1. The van der Waals surface area contributed by atoms with Gasteiger partial charge in [0.1, 0.15) is 19.8 Å². The first-order chi connectivity index (χ1) is 44.0. The minimum atomic E-state index is -4.64. The summed E-state index contributed by atoms with van der Waals surface area (Å²) in [4.78, 5) is 38.1. The molecule has 0 aliphatic heterocycles. The number of unbranched alkanes of at least 4 members (excludes halogenated alkanes) is 52. The molecule has 0 aromatic carbocycles. The van der Waals surface area contributed by atoms with Gasteiger partial charge in [-0.3, -0.25) is 14.2 Å². The highest BCUT2D eigenvalue weighted by molar-refractivity contribution is 7.45. The summed E-state index contributed by atoms with van der Waals surface area (Å²) in [6.45, 7) is 4.19. The summed E-state index contributed by atoms with van der Waals surface area (Å²) in [6.07, 6.45) is 93.9. The molecule has 530 valence electrons. The minimum Gasteiger partial charge on any atom is -0.756 e. The van der Waals surface area contributed by atoms with Crippen LogP contribution in [0.5, 0.6) is 0 Å². The number of carbonyl (C=O) groups excluding carboxylic acids is 2. The number of quaternary nitrogens is 1. The first-order valence-electron chi connectivity index (χ1n) is 39.3. The highest BCUT2D eigenvalue weighted by Crippen LogP contribution is 2.38. The van der Waals surface area contributed by atoms with E-state index in [0.29, 0.717) is 17.4 Å². The van der Waals surface area contributed by atoms with E-state index in [1.807, 2.05) is 21.1 Å². The third-order valence-corrected chi connectivity index (χ3v) is 18.8. The lowest BCUT2D eigenvalue weighted by molar-refractivity contribution is -0.870. The van der Waals surface area contributed by atoms with E-state index >= 15 is 0 Å².